The topological polar surface area (TPSA) is 25.2 Å². The maximum Gasteiger partial charge on any atom is 0.0694 e. The minimum atomic E-state index is 0.0453. The van der Waals surface area contributed by atoms with Crippen LogP contribution in [0.15, 0.2) is 70.7 Å². The van der Waals surface area contributed by atoms with Gasteiger partial charge >= 0.3 is 0 Å². The van der Waals surface area contributed by atoms with Gasteiger partial charge in [-0.3, -0.25) is 9.98 Å². The molecule has 0 amide bonds. The van der Waals surface area contributed by atoms with E-state index in [0.717, 1.165) is 35.4 Å². The normalized spacial score (nSPS) is 16.5. The highest BCUT2D eigenvalue weighted by molar-refractivity contribution is 5.97. The molecule has 0 unspecified atom stereocenters. The van der Waals surface area contributed by atoms with E-state index >= 15 is 0 Å². The Labute approximate surface area is 146 Å². The van der Waals surface area contributed by atoms with Crippen molar-refractivity contribution in [1.82, 2.24) is 4.98 Å². The van der Waals surface area contributed by atoms with Crippen LogP contribution in [0.5, 0.6) is 0 Å². The van der Waals surface area contributed by atoms with E-state index < -0.39 is 0 Å². The van der Waals surface area contributed by atoms with Gasteiger partial charge in [-0.2, -0.15) is 0 Å². The molecule has 126 valence electrons. The van der Waals surface area contributed by atoms with Gasteiger partial charge in [-0.05, 0) is 66.5 Å². The van der Waals surface area contributed by atoms with Crippen molar-refractivity contribution in [2.24, 2.45) is 10.4 Å². The highest BCUT2D eigenvalue weighted by Gasteiger charge is 2.23. The van der Waals surface area contributed by atoms with Crippen LogP contribution in [0.25, 0.3) is 6.08 Å². The third-order valence-corrected chi connectivity index (χ3v) is 4.25. The van der Waals surface area contributed by atoms with E-state index in [9.17, 15) is 0 Å². The predicted molar refractivity (Wildman–Crippen MR) is 105 cm³/mol. The molecule has 0 fully saturated rings. The van der Waals surface area contributed by atoms with Gasteiger partial charge in [0.1, 0.15) is 0 Å². The van der Waals surface area contributed by atoms with Gasteiger partial charge in [0.15, 0.2) is 0 Å². The van der Waals surface area contributed by atoms with E-state index in [4.69, 9.17) is 4.99 Å². The molecule has 0 saturated carbocycles. The second-order valence-corrected chi connectivity index (χ2v) is 7.39. The minimum absolute atomic E-state index is 0.0453. The van der Waals surface area contributed by atoms with E-state index in [1.54, 1.807) is 6.20 Å². The fraction of sp³-hybridized carbons (Fsp3) is 0.364. The van der Waals surface area contributed by atoms with Crippen LogP contribution in [0, 0.1) is 5.41 Å². The van der Waals surface area contributed by atoms with Gasteiger partial charge in [0, 0.05) is 18.1 Å². The molecule has 1 aromatic rings. The second-order valence-electron chi connectivity index (χ2n) is 7.39. The standard InChI is InChI=1S/C22H28N2/c1-16-9-7-11-20(18(3)22(4,5)6)21(16)24-17(2)12-13-19-10-8-14-23-15-19/h8,10-15H,3,7,9H2,1-2,4-6H3/b13-12+,24-17?. The summed E-state index contributed by atoms with van der Waals surface area (Å²) in [6.07, 6.45) is 12.2. The summed E-state index contributed by atoms with van der Waals surface area (Å²) in [6.45, 7) is 15.2. The van der Waals surface area contributed by atoms with Crippen LogP contribution in [0.2, 0.25) is 0 Å². The van der Waals surface area contributed by atoms with E-state index in [1.807, 2.05) is 37.4 Å². The average molecular weight is 320 g/mol. The van der Waals surface area contributed by atoms with E-state index in [0.29, 0.717) is 0 Å². The largest absolute Gasteiger partial charge is 0.264 e. The molecule has 0 aliphatic heterocycles. The first-order valence-electron chi connectivity index (χ1n) is 8.52. The summed E-state index contributed by atoms with van der Waals surface area (Å²) in [5.41, 5.74) is 6.91. The molecule has 2 rings (SSSR count). The first-order chi connectivity index (χ1) is 11.3. The molecule has 24 heavy (non-hydrogen) atoms. The molecule has 0 aromatic carbocycles. The van der Waals surface area contributed by atoms with Crippen molar-refractivity contribution >= 4 is 11.8 Å². The van der Waals surface area contributed by atoms with Gasteiger partial charge in [0.05, 0.1) is 5.70 Å². The van der Waals surface area contributed by atoms with Crippen molar-refractivity contribution in [2.75, 3.05) is 0 Å². The first kappa shape index (κ1) is 18.1. The Hall–Kier alpha value is -2.22. The SMILES string of the molecule is C=C(C1=CCCC(C)=C1N=C(C)/C=C/c1cccnc1)C(C)(C)C. The van der Waals surface area contributed by atoms with Crippen LogP contribution in [-0.2, 0) is 0 Å². The fourth-order valence-electron chi connectivity index (χ4n) is 2.61. The van der Waals surface area contributed by atoms with Gasteiger partial charge in [0.2, 0.25) is 0 Å². The molecule has 0 spiro atoms. The smallest absolute Gasteiger partial charge is 0.0694 e. The Morgan fingerprint density at radius 2 is 2.08 bits per heavy atom. The Bertz CT molecular complexity index is 723. The highest BCUT2D eigenvalue weighted by atomic mass is 14.8. The Kier molecular flexibility index (Phi) is 5.71. The van der Waals surface area contributed by atoms with Gasteiger partial charge in [-0.25, -0.2) is 0 Å². The zero-order valence-electron chi connectivity index (χ0n) is 15.6. The Morgan fingerprint density at radius 1 is 1.33 bits per heavy atom. The lowest BCUT2D eigenvalue weighted by Gasteiger charge is -2.27. The predicted octanol–water partition coefficient (Wildman–Crippen LogP) is 6.15. The van der Waals surface area contributed by atoms with Crippen molar-refractivity contribution in [3.63, 3.8) is 0 Å². The van der Waals surface area contributed by atoms with Crippen molar-refractivity contribution in [1.29, 1.82) is 0 Å². The zero-order valence-corrected chi connectivity index (χ0v) is 15.6. The van der Waals surface area contributed by atoms with Gasteiger partial charge in [0.25, 0.3) is 0 Å². The monoisotopic (exact) mass is 320 g/mol. The molecule has 1 heterocycles. The van der Waals surface area contributed by atoms with Gasteiger partial charge < -0.3 is 0 Å². The first-order valence-corrected chi connectivity index (χ1v) is 8.52. The van der Waals surface area contributed by atoms with E-state index in [1.165, 1.54) is 11.1 Å². The number of aromatic nitrogens is 1. The molecule has 0 saturated heterocycles. The van der Waals surface area contributed by atoms with Crippen molar-refractivity contribution in [3.8, 4) is 0 Å². The Morgan fingerprint density at radius 3 is 2.71 bits per heavy atom. The fourth-order valence-corrected chi connectivity index (χ4v) is 2.61. The summed E-state index contributed by atoms with van der Waals surface area (Å²) >= 11 is 0. The summed E-state index contributed by atoms with van der Waals surface area (Å²) in [5.74, 6) is 0. The lowest BCUT2D eigenvalue weighted by atomic mass is 9.79. The maximum atomic E-state index is 4.91. The quantitative estimate of drug-likeness (QED) is 0.610. The lowest BCUT2D eigenvalue weighted by molar-refractivity contribution is 0.512. The van der Waals surface area contributed by atoms with E-state index in [-0.39, 0.29) is 5.41 Å². The van der Waals surface area contributed by atoms with Crippen molar-refractivity contribution in [3.05, 3.63) is 71.2 Å². The van der Waals surface area contributed by atoms with Crippen LogP contribution < -0.4 is 0 Å². The third-order valence-electron chi connectivity index (χ3n) is 4.25. The molecule has 0 radical (unpaired) electrons. The molecule has 0 N–H and O–H groups in total. The molecule has 2 heteroatoms. The van der Waals surface area contributed by atoms with Gasteiger partial charge in [-0.1, -0.05) is 45.6 Å². The summed E-state index contributed by atoms with van der Waals surface area (Å²) in [6, 6.07) is 3.98. The lowest BCUT2D eigenvalue weighted by Crippen LogP contribution is -2.14. The summed E-state index contributed by atoms with van der Waals surface area (Å²) in [5, 5.41) is 0. The molecule has 1 aromatic heterocycles. The zero-order chi connectivity index (χ0) is 17.7. The molecule has 1 aliphatic rings. The molecule has 2 nitrogen and oxygen atoms in total. The van der Waals surface area contributed by atoms with Crippen molar-refractivity contribution < 1.29 is 0 Å². The maximum absolute atomic E-state index is 4.91. The molecular formula is C22H28N2. The number of hydrogen-bond donors (Lipinski definition) is 0. The summed E-state index contributed by atoms with van der Waals surface area (Å²) in [4.78, 5) is 9.04. The van der Waals surface area contributed by atoms with Crippen LogP contribution in [0.4, 0.5) is 0 Å². The van der Waals surface area contributed by atoms with Crippen molar-refractivity contribution in [2.45, 2.75) is 47.5 Å². The van der Waals surface area contributed by atoms with Crippen LogP contribution >= 0.6 is 0 Å². The summed E-state index contributed by atoms with van der Waals surface area (Å²) in [7, 11) is 0. The van der Waals surface area contributed by atoms with E-state index in [2.05, 4.69) is 45.3 Å². The number of pyridine rings is 1. The number of rotatable bonds is 4. The highest BCUT2D eigenvalue weighted by Crippen LogP contribution is 2.38. The Balaban J connectivity index is 2.29. The summed E-state index contributed by atoms with van der Waals surface area (Å²) < 4.78 is 0. The average Bonchev–Trinajstić information content (AvgIpc) is 2.54. The number of allylic oxidation sites excluding steroid dienone is 4. The number of aliphatic imine (C=N–C) groups is 1. The third kappa shape index (κ3) is 4.64. The molecular weight excluding hydrogens is 292 g/mol. The minimum Gasteiger partial charge on any atom is -0.264 e. The molecule has 1 aliphatic carbocycles. The molecule has 0 atom stereocenters. The van der Waals surface area contributed by atoms with Crippen LogP contribution in [0.3, 0.4) is 0 Å². The number of hydrogen-bond acceptors (Lipinski definition) is 2. The number of nitrogens with zero attached hydrogens (tertiary/aromatic N) is 2. The second kappa shape index (κ2) is 7.57. The van der Waals surface area contributed by atoms with Crippen LogP contribution in [-0.4, -0.2) is 10.7 Å². The molecule has 0 bridgehead atoms. The van der Waals surface area contributed by atoms with Gasteiger partial charge in [-0.15, -0.1) is 0 Å². The van der Waals surface area contributed by atoms with Crippen LogP contribution in [0.1, 0.15) is 53.0 Å².